The Morgan fingerprint density at radius 3 is 1.95 bits per heavy atom. The molecule has 0 radical (unpaired) electrons. The summed E-state index contributed by atoms with van der Waals surface area (Å²) in [6, 6.07) is 4.99. The molecule has 0 spiro atoms. The third-order valence-corrected chi connectivity index (χ3v) is 2.86. The van der Waals surface area contributed by atoms with Gasteiger partial charge in [-0.3, -0.25) is 4.79 Å². The van der Waals surface area contributed by atoms with Crippen molar-refractivity contribution in [2.75, 3.05) is 6.54 Å². The van der Waals surface area contributed by atoms with E-state index in [0.717, 1.165) is 12.1 Å². The van der Waals surface area contributed by atoms with Crippen molar-refractivity contribution in [1.82, 2.24) is 5.32 Å². The molecule has 21 heavy (non-hydrogen) atoms. The Labute approximate surface area is 124 Å². The summed E-state index contributed by atoms with van der Waals surface area (Å²) in [5.74, 6) is -0.474. The maximum Gasteiger partial charge on any atom is 0.416 e. The molecule has 5 heteroatoms. The SMILES string of the molecule is CC.CC(=O)C(CNC(C)C)c1ccc(C(F)(F)F)cc1. The van der Waals surface area contributed by atoms with Crippen molar-refractivity contribution in [3.05, 3.63) is 35.4 Å². The van der Waals surface area contributed by atoms with E-state index in [9.17, 15) is 18.0 Å². The zero-order valence-electron chi connectivity index (χ0n) is 13.2. The van der Waals surface area contributed by atoms with E-state index in [4.69, 9.17) is 0 Å². The van der Waals surface area contributed by atoms with Gasteiger partial charge in [0.25, 0.3) is 0 Å². The molecule has 1 rings (SSSR count). The van der Waals surface area contributed by atoms with Gasteiger partial charge in [0.05, 0.1) is 11.5 Å². The summed E-state index contributed by atoms with van der Waals surface area (Å²) >= 11 is 0. The van der Waals surface area contributed by atoms with E-state index in [1.54, 1.807) is 0 Å². The predicted octanol–water partition coefficient (Wildman–Crippen LogP) is 4.40. The molecule has 0 aliphatic heterocycles. The van der Waals surface area contributed by atoms with Gasteiger partial charge in [-0.05, 0) is 24.6 Å². The van der Waals surface area contributed by atoms with Crippen LogP contribution in [0, 0.1) is 0 Å². The molecular formula is C16H24F3NO. The molecule has 0 bridgehead atoms. The van der Waals surface area contributed by atoms with Crippen LogP contribution in [0.3, 0.4) is 0 Å². The van der Waals surface area contributed by atoms with Crippen LogP contribution in [0.15, 0.2) is 24.3 Å². The van der Waals surface area contributed by atoms with E-state index in [0.29, 0.717) is 12.1 Å². The first-order valence-corrected chi connectivity index (χ1v) is 7.12. The van der Waals surface area contributed by atoms with Gasteiger partial charge in [-0.15, -0.1) is 0 Å². The predicted molar refractivity (Wildman–Crippen MR) is 79.4 cm³/mol. The van der Waals surface area contributed by atoms with Crippen molar-refractivity contribution in [1.29, 1.82) is 0 Å². The molecule has 2 nitrogen and oxygen atoms in total. The van der Waals surface area contributed by atoms with Gasteiger partial charge in [-0.2, -0.15) is 13.2 Å². The first kappa shape index (κ1) is 19.6. The highest BCUT2D eigenvalue weighted by Crippen LogP contribution is 2.30. The first-order valence-electron chi connectivity index (χ1n) is 7.12. The van der Waals surface area contributed by atoms with Crippen LogP contribution in [0.5, 0.6) is 0 Å². The molecule has 1 aromatic carbocycles. The second kappa shape index (κ2) is 8.82. The van der Waals surface area contributed by atoms with Crippen molar-refractivity contribution in [3.8, 4) is 0 Å². The number of Topliss-reactive ketones (excluding diaryl/α,β-unsaturated/α-hetero) is 1. The normalized spacial score (nSPS) is 12.6. The van der Waals surface area contributed by atoms with Gasteiger partial charge in [0, 0.05) is 12.6 Å². The Bertz CT molecular complexity index is 424. The van der Waals surface area contributed by atoms with Crippen molar-refractivity contribution < 1.29 is 18.0 Å². The third kappa shape index (κ3) is 6.76. The summed E-state index contributed by atoms with van der Waals surface area (Å²) < 4.78 is 37.4. The summed E-state index contributed by atoms with van der Waals surface area (Å²) in [6.07, 6.45) is -4.35. The quantitative estimate of drug-likeness (QED) is 0.873. The van der Waals surface area contributed by atoms with Crippen LogP contribution in [-0.4, -0.2) is 18.4 Å². The zero-order valence-corrected chi connectivity index (χ0v) is 13.2. The summed E-state index contributed by atoms with van der Waals surface area (Å²) in [7, 11) is 0. The average Bonchev–Trinajstić information content (AvgIpc) is 2.40. The number of alkyl halides is 3. The van der Waals surface area contributed by atoms with Gasteiger partial charge in [0.2, 0.25) is 0 Å². The molecule has 1 unspecified atom stereocenters. The van der Waals surface area contributed by atoms with E-state index in [1.807, 2.05) is 27.7 Å². The molecule has 0 heterocycles. The maximum absolute atomic E-state index is 12.5. The number of hydrogen-bond donors (Lipinski definition) is 1. The number of halogens is 3. The van der Waals surface area contributed by atoms with E-state index in [-0.39, 0.29) is 11.8 Å². The second-order valence-corrected chi connectivity index (χ2v) is 4.85. The van der Waals surface area contributed by atoms with Gasteiger partial charge in [-0.25, -0.2) is 0 Å². The van der Waals surface area contributed by atoms with Crippen LogP contribution < -0.4 is 5.32 Å². The highest BCUT2D eigenvalue weighted by atomic mass is 19.4. The number of ketones is 1. The van der Waals surface area contributed by atoms with Crippen molar-refractivity contribution in [2.45, 2.75) is 52.8 Å². The van der Waals surface area contributed by atoms with Gasteiger partial charge >= 0.3 is 6.18 Å². The third-order valence-electron chi connectivity index (χ3n) is 2.86. The van der Waals surface area contributed by atoms with Gasteiger partial charge in [0.1, 0.15) is 5.78 Å². The summed E-state index contributed by atoms with van der Waals surface area (Å²) in [5, 5.41) is 3.13. The molecule has 0 amide bonds. The summed E-state index contributed by atoms with van der Waals surface area (Å²) in [6.45, 7) is 9.77. The van der Waals surface area contributed by atoms with Crippen LogP contribution in [0.1, 0.15) is 51.7 Å². The molecule has 0 saturated carbocycles. The van der Waals surface area contributed by atoms with Gasteiger partial charge in [-0.1, -0.05) is 39.8 Å². The van der Waals surface area contributed by atoms with Gasteiger partial charge < -0.3 is 5.32 Å². The molecule has 120 valence electrons. The molecule has 0 aromatic heterocycles. The lowest BCUT2D eigenvalue weighted by Crippen LogP contribution is -2.30. The topological polar surface area (TPSA) is 29.1 Å². The molecule has 0 aliphatic rings. The highest BCUT2D eigenvalue weighted by Gasteiger charge is 2.30. The Morgan fingerprint density at radius 1 is 1.14 bits per heavy atom. The Kier molecular flexibility index (Phi) is 8.25. The molecule has 0 aliphatic carbocycles. The average molecular weight is 303 g/mol. The fourth-order valence-electron chi connectivity index (χ4n) is 1.75. The minimum atomic E-state index is -4.35. The minimum Gasteiger partial charge on any atom is -0.313 e. The molecule has 0 fully saturated rings. The lowest BCUT2D eigenvalue weighted by molar-refractivity contribution is -0.137. The van der Waals surface area contributed by atoms with E-state index < -0.39 is 17.7 Å². The number of nitrogens with one attached hydrogen (secondary N) is 1. The molecule has 1 aromatic rings. The number of carbonyl (C=O) groups is 1. The minimum absolute atomic E-state index is 0.0621. The Hall–Kier alpha value is -1.36. The number of rotatable bonds is 5. The molecule has 1 atom stereocenters. The monoisotopic (exact) mass is 303 g/mol. The summed E-state index contributed by atoms with van der Waals surface area (Å²) in [4.78, 5) is 11.6. The number of hydrogen-bond acceptors (Lipinski definition) is 2. The molecule has 0 saturated heterocycles. The van der Waals surface area contributed by atoms with Gasteiger partial charge in [0.15, 0.2) is 0 Å². The van der Waals surface area contributed by atoms with Crippen molar-refractivity contribution >= 4 is 5.78 Å². The van der Waals surface area contributed by atoms with Crippen LogP contribution in [0.4, 0.5) is 13.2 Å². The number of carbonyl (C=O) groups excluding carboxylic acids is 1. The van der Waals surface area contributed by atoms with Crippen molar-refractivity contribution in [2.24, 2.45) is 0 Å². The van der Waals surface area contributed by atoms with Crippen molar-refractivity contribution in [3.63, 3.8) is 0 Å². The van der Waals surface area contributed by atoms with Crippen LogP contribution in [0.2, 0.25) is 0 Å². The smallest absolute Gasteiger partial charge is 0.313 e. The lowest BCUT2D eigenvalue weighted by atomic mass is 9.94. The highest BCUT2D eigenvalue weighted by molar-refractivity contribution is 5.83. The fourth-order valence-corrected chi connectivity index (χ4v) is 1.75. The lowest BCUT2D eigenvalue weighted by Gasteiger charge is -2.17. The molecule has 1 N–H and O–H groups in total. The van der Waals surface area contributed by atoms with Crippen LogP contribution in [0.25, 0.3) is 0 Å². The number of benzene rings is 1. The second-order valence-electron chi connectivity index (χ2n) is 4.85. The maximum atomic E-state index is 12.5. The first-order chi connectivity index (χ1) is 9.71. The molecular weight excluding hydrogens is 279 g/mol. The van der Waals surface area contributed by atoms with Crippen LogP contribution >= 0.6 is 0 Å². The zero-order chi connectivity index (χ0) is 16.6. The van der Waals surface area contributed by atoms with E-state index in [1.165, 1.54) is 19.1 Å². The largest absolute Gasteiger partial charge is 0.416 e. The Balaban J connectivity index is 0.00000191. The Morgan fingerprint density at radius 2 is 1.62 bits per heavy atom. The summed E-state index contributed by atoms with van der Waals surface area (Å²) in [5.41, 5.74) is -0.0935. The van der Waals surface area contributed by atoms with E-state index in [2.05, 4.69) is 5.32 Å². The fraction of sp³-hybridized carbons (Fsp3) is 0.562. The standard InChI is InChI=1S/C14H18F3NO.C2H6/c1-9(2)18-8-13(10(3)19)11-4-6-12(7-5-11)14(15,16)17;1-2/h4-7,9,13,18H,8H2,1-3H3;1-2H3. The van der Waals surface area contributed by atoms with Crippen LogP contribution in [-0.2, 0) is 11.0 Å². The van der Waals surface area contributed by atoms with E-state index >= 15 is 0 Å².